The molecule has 5 N–H and O–H groups in total. The summed E-state index contributed by atoms with van der Waals surface area (Å²) in [6.07, 6.45) is -9.16. The molecule has 312 valence electrons. The lowest BCUT2D eigenvalue weighted by atomic mass is 9.85. The van der Waals surface area contributed by atoms with Gasteiger partial charge in [-0.3, -0.25) is 4.79 Å². The van der Waals surface area contributed by atoms with Crippen LogP contribution in [0.3, 0.4) is 0 Å². The second kappa shape index (κ2) is 17.8. The first-order valence-corrected chi connectivity index (χ1v) is 18.9. The summed E-state index contributed by atoms with van der Waals surface area (Å²) >= 11 is 0. The van der Waals surface area contributed by atoms with Crippen molar-refractivity contribution in [3.63, 3.8) is 0 Å². The van der Waals surface area contributed by atoms with Crippen LogP contribution in [0, 0.1) is 11.8 Å². The smallest absolute Gasteiger partial charge is 0.331 e. The van der Waals surface area contributed by atoms with E-state index in [0.29, 0.717) is 5.56 Å². The molecule has 17 heteroatoms. The second-order valence-electron chi connectivity index (χ2n) is 14.6. The molecule has 58 heavy (non-hydrogen) atoms. The Hall–Kier alpha value is -4.53. The third kappa shape index (κ3) is 8.60. The van der Waals surface area contributed by atoms with Gasteiger partial charge in [-0.2, -0.15) is 0 Å². The average Bonchev–Trinajstić information content (AvgIpc) is 3.90. The molecule has 4 aliphatic heterocycles. The molecule has 17 nitrogen and oxygen atoms in total. The van der Waals surface area contributed by atoms with Gasteiger partial charge in [0, 0.05) is 25.0 Å². The number of benzene rings is 2. The molecule has 2 aromatic carbocycles. The van der Waals surface area contributed by atoms with Crippen LogP contribution in [0.4, 0.5) is 0 Å². The highest BCUT2D eigenvalue weighted by molar-refractivity contribution is 5.88. The van der Waals surface area contributed by atoms with Crippen molar-refractivity contribution in [1.29, 1.82) is 0 Å². The minimum Gasteiger partial charge on any atom is -0.472 e. The quantitative estimate of drug-likeness (QED) is 0.0795. The highest BCUT2D eigenvalue weighted by atomic mass is 16.8. The van der Waals surface area contributed by atoms with E-state index in [1.165, 1.54) is 24.5 Å². The zero-order chi connectivity index (χ0) is 41.1. The van der Waals surface area contributed by atoms with E-state index in [0.717, 1.165) is 12.5 Å². The number of aliphatic hydroxyl groups is 5. The first-order chi connectivity index (χ1) is 27.9. The van der Waals surface area contributed by atoms with Crippen molar-refractivity contribution in [2.75, 3.05) is 13.2 Å². The minimum atomic E-state index is -1.74. The Bertz CT molecular complexity index is 1840. The zero-order valence-electron chi connectivity index (χ0n) is 31.4. The normalized spacial score (nSPS) is 39.1. The van der Waals surface area contributed by atoms with Gasteiger partial charge in [0.25, 0.3) is 0 Å². The largest absolute Gasteiger partial charge is 0.472 e. The summed E-state index contributed by atoms with van der Waals surface area (Å²) in [6.45, 7) is 1.50. The molecule has 4 fully saturated rings. The lowest BCUT2D eigenvalue weighted by molar-refractivity contribution is -0.347. The van der Waals surface area contributed by atoms with E-state index in [1.807, 2.05) is 12.1 Å². The van der Waals surface area contributed by atoms with Crippen LogP contribution in [-0.4, -0.2) is 142 Å². The molecule has 0 unspecified atom stereocenters. The maximum absolute atomic E-state index is 13.4. The highest BCUT2D eigenvalue weighted by Gasteiger charge is 2.77. The van der Waals surface area contributed by atoms with Gasteiger partial charge in [-0.1, -0.05) is 60.7 Å². The molecule has 1 saturated carbocycles. The van der Waals surface area contributed by atoms with Crippen LogP contribution in [-0.2, 0) is 57.0 Å². The van der Waals surface area contributed by atoms with Crippen molar-refractivity contribution >= 4 is 30.1 Å². The highest BCUT2D eigenvalue weighted by Crippen LogP contribution is 2.61. The van der Waals surface area contributed by atoms with E-state index < -0.39 is 128 Å². The van der Waals surface area contributed by atoms with Crippen molar-refractivity contribution in [3.05, 3.63) is 96.3 Å². The average molecular weight is 811 g/mol. The molecule has 5 aliphatic rings. The summed E-state index contributed by atoms with van der Waals surface area (Å²) in [7, 11) is 0. The molecular weight excluding hydrogens is 764 g/mol. The van der Waals surface area contributed by atoms with Crippen LogP contribution in [0.1, 0.15) is 25.0 Å². The first-order valence-electron chi connectivity index (χ1n) is 18.9. The van der Waals surface area contributed by atoms with Crippen LogP contribution in [0.2, 0.25) is 0 Å². The summed E-state index contributed by atoms with van der Waals surface area (Å²) in [5, 5.41) is 51.6. The van der Waals surface area contributed by atoms with Gasteiger partial charge in [-0.15, -0.1) is 0 Å². The van der Waals surface area contributed by atoms with Gasteiger partial charge in [0.2, 0.25) is 6.29 Å². The Kier molecular flexibility index (Phi) is 12.7. The SMILES string of the molecule is CC(=O)O[C@H]1[C@H](O[C@H]2[C@@H]3C=CO[C@@H](O[C@@H]4O[C@H](CO)[C@@H](O)[C@H](O)[C@H]4O)[C@@H]3[C@@]3(CO)O[C@@H]23)O[C@@H](C)[C@H](OC(=O)C=Cc2ccccc2)[C@H]1OC(=O)C=Cc1ccccc1. The van der Waals surface area contributed by atoms with E-state index >= 15 is 0 Å². The van der Waals surface area contributed by atoms with Crippen molar-refractivity contribution in [2.45, 2.75) is 99.4 Å². The van der Waals surface area contributed by atoms with E-state index in [2.05, 4.69) is 0 Å². The van der Waals surface area contributed by atoms with Gasteiger partial charge in [0.1, 0.15) is 36.1 Å². The van der Waals surface area contributed by atoms with E-state index in [-0.39, 0.29) is 0 Å². The maximum Gasteiger partial charge on any atom is 0.331 e. The number of carbonyl (C=O) groups is 3. The van der Waals surface area contributed by atoms with Crippen molar-refractivity contribution in [2.24, 2.45) is 11.8 Å². The molecule has 0 spiro atoms. The Labute approximate surface area is 332 Å². The molecule has 0 radical (unpaired) electrons. The fourth-order valence-electron chi connectivity index (χ4n) is 7.96. The Balaban J connectivity index is 1.14. The van der Waals surface area contributed by atoms with Crippen LogP contribution in [0.25, 0.3) is 12.2 Å². The second-order valence-corrected chi connectivity index (χ2v) is 14.6. The molecule has 0 bridgehead atoms. The van der Waals surface area contributed by atoms with E-state index in [1.54, 1.807) is 67.6 Å². The number of fused-ring (bicyclic) bond motifs is 3. The summed E-state index contributed by atoms with van der Waals surface area (Å²) in [6, 6.07) is 18.0. The Morgan fingerprint density at radius 3 is 1.93 bits per heavy atom. The van der Waals surface area contributed by atoms with Gasteiger partial charge < -0.3 is 68.2 Å². The van der Waals surface area contributed by atoms with Crippen LogP contribution in [0.5, 0.6) is 0 Å². The Morgan fingerprint density at radius 1 is 0.724 bits per heavy atom. The number of hydrogen-bond acceptors (Lipinski definition) is 17. The summed E-state index contributed by atoms with van der Waals surface area (Å²) in [4.78, 5) is 39.3. The summed E-state index contributed by atoms with van der Waals surface area (Å²) < 4.78 is 53.6. The van der Waals surface area contributed by atoms with Gasteiger partial charge >= 0.3 is 17.9 Å². The number of carbonyl (C=O) groups excluding carboxylic acids is 3. The Morgan fingerprint density at radius 2 is 1.34 bits per heavy atom. The number of ether oxygens (including phenoxy) is 9. The van der Waals surface area contributed by atoms with Gasteiger partial charge in [-0.25, -0.2) is 9.59 Å². The number of hydrogen-bond donors (Lipinski definition) is 5. The molecule has 2 aromatic rings. The number of rotatable bonds is 13. The summed E-state index contributed by atoms with van der Waals surface area (Å²) in [5.41, 5.74) is 0.136. The van der Waals surface area contributed by atoms with Gasteiger partial charge in [0.15, 0.2) is 30.9 Å². The van der Waals surface area contributed by atoms with Crippen LogP contribution >= 0.6 is 0 Å². The fraction of sp³-hybridized carbons (Fsp3) is 0.488. The maximum atomic E-state index is 13.4. The van der Waals surface area contributed by atoms with E-state index in [9.17, 15) is 39.9 Å². The minimum absolute atomic E-state index is 0.526. The van der Waals surface area contributed by atoms with E-state index in [4.69, 9.17) is 42.6 Å². The lowest BCUT2D eigenvalue weighted by Crippen LogP contribution is -2.62. The molecule has 0 amide bonds. The van der Waals surface area contributed by atoms with Gasteiger partial charge in [-0.05, 0) is 36.3 Å². The topological polar surface area (TPSA) is 239 Å². The molecule has 16 atom stereocenters. The fourth-order valence-corrected chi connectivity index (χ4v) is 7.96. The number of aliphatic hydroxyl groups excluding tert-OH is 5. The molecule has 0 aromatic heterocycles. The summed E-state index contributed by atoms with van der Waals surface area (Å²) in [5.74, 6) is -3.88. The standard InChI is InChI=1S/C41H46O17/c1-21-33(54-27(45)15-13-23-9-5-3-6-10-23)35(55-28(46)16-14-24-11-7-4-8-12-24)36(52-22(2)44)40(51-21)56-34-25-17-18-50-38(29(25)41(20-43)37(34)58-41)57-39-32(49)31(48)30(47)26(19-42)53-39/h3-18,21,25-26,29-40,42-43,47-49H,19-20H2,1-2H3/t21-,25+,26+,29+,30+,31-,32+,33-,34-,35+,36+,37-,38-,39-,40-,41+/m0/s1. The first kappa shape index (κ1) is 41.6. The third-order valence-corrected chi connectivity index (χ3v) is 10.8. The molecule has 4 heterocycles. The number of epoxide rings is 1. The van der Waals surface area contributed by atoms with Gasteiger partial charge in [0.05, 0.1) is 37.6 Å². The molecule has 7 rings (SSSR count). The van der Waals surface area contributed by atoms with Crippen molar-refractivity contribution in [3.8, 4) is 0 Å². The van der Waals surface area contributed by atoms with Crippen LogP contribution < -0.4 is 0 Å². The number of esters is 3. The molecule has 3 saturated heterocycles. The lowest BCUT2D eigenvalue weighted by Gasteiger charge is -2.45. The molecule has 1 aliphatic carbocycles. The monoisotopic (exact) mass is 810 g/mol. The molecular formula is C41H46O17. The van der Waals surface area contributed by atoms with Crippen LogP contribution in [0.15, 0.2) is 85.2 Å². The van der Waals surface area contributed by atoms with Crippen molar-refractivity contribution < 1.29 is 82.5 Å². The third-order valence-electron chi connectivity index (χ3n) is 10.8. The zero-order valence-corrected chi connectivity index (χ0v) is 31.4. The van der Waals surface area contributed by atoms with Crippen molar-refractivity contribution in [1.82, 2.24) is 0 Å². The predicted molar refractivity (Wildman–Crippen MR) is 196 cm³/mol. The predicted octanol–water partition coefficient (Wildman–Crippen LogP) is 0.361.